The summed E-state index contributed by atoms with van der Waals surface area (Å²) in [6, 6.07) is 11.5. The van der Waals surface area contributed by atoms with Crippen molar-refractivity contribution in [1.82, 2.24) is 10.3 Å². The van der Waals surface area contributed by atoms with Gasteiger partial charge in [-0.05, 0) is 30.3 Å². The Morgan fingerprint density at radius 3 is 2.55 bits per heavy atom. The minimum Gasteiger partial charge on any atom is -0.618 e. The molecule has 2 aromatic heterocycles. The molecule has 0 saturated carbocycles. The van der Waals surface area contributed by atoms with E-state index in [4.69, 9.17) is 23.2 Å². The fraction of sp³-hybridized carbons (Fsp3) is 0.143. The average molecular weight is 458 g/mol. The van der Waals surface area contributed by atoms with Gasteiger partial charge in [-0.2, -0.15) is 4.73 Å². The summed E-state index contributed by atoms with van der Waals surface area (Å²) in [7, 11) is 0. The van der Waals surface area contributed by atoms with Crippen LogP contribution in [-0.4, -0.2) is 24.0 Å². The molecule has 0 aliphatic carbocycles. The summed E-state index contributed by atoms with van der Waals surface area (Å²) < 4.78 is 0.995. The highest BCUT2D eigenvalue weighted by molar-refractivity contribution is 6.31. The average Bonchev–Trinajstić information content (AvgIpc) is 2.75. The van der Waals surface area contributed by atoms with Crippen LogP contribution in [0.4, 0.5) is 5.69 Å². The van der Waals surface area contributed by atoms with Gasteiger partial charge in [-0.1, -0.05) is 23.2 Å². The van der Waals surface area contributed by atoms with E-state index in [1.807, 2.05) is 12.1 Å². The summed E-state index contributed by atoms with van der Waals surface area (Å²) in [6.07, 6.45) is 1.66. The van der Waals surface area contributed by atoms with Crippen molar-refractivity contribution in [3.8, 4) is 0 Å². The molecule has 0 atom stereocenters. The van der Waals surface area contributed by atoms with Crippen LogP contribution in [0.15, 0.2) is 48.7 Å². The Bertz CT molecular complexity index is 1330. The zero-order chi connectivity index (χ0) is 22.1. The van der Waals surface area contributed by atoms with E-state index in [-0.39, 0.29) is 29.0 Å². The topological polar surface area (TPSA) is 108 Å². The zero-order valence-corrected chi connectivity index (χ0v) is 17.9. The minimum atomic E-state index is -0.646. The van der Waals surface area contributed by atoms with Gasteiger partial charge in [0.25, 0.3) is 16.7 Å². The molecule has 2 aromatic carbocycles. The predicted octanol–water partition coefficient (Wildman–Crippen LogP) is 3.11. The number of halogens is 2. The van der Waals surface area contributed by atoms with Crippen LogP contribution in [-0.2, 0) is 0 Å². The van der Waals surface area contributed by atoms with Gasteiger partial charge in [-0.15, -0.1) is 4.73 Å². The van der Waals surface area contributed by atoms with Gasteiger partial charge in [-0.25, -0.2) is 0 Å². The molecule has 158 valence electrons. The van der Waals surface area contributed by atoms with E-state index >= 15 is 0 Å². The van der Waals surface area contributed by atoms with E-state index in [9.17, 15) is 15.2 Å². The van der Waals surface area contributed by atoms with Crippen molar-refractivity contribution in [3.05, 3.63) is 80.5 Å². The lowest BCUT2D eigenvalue weighted by molar-refractivity contribution is -0.635. The second-order valence-electron chi connectivity index (χ2n) is 6.86. The number of pyridine rings is 1. The van der Waals surface area contributed by atoms with Gasteiger partial charge < -0.3 is 21.0 Å². The third kappa shape index (κ3) is 3.99. The molecule has 8 nitrogen and oxygen atoms in total. The third-order valence-corrected chi connectivity index (χ3v) is 5.34. The molecule has 0 bridgehead atoms. The molecular weight excluding hydrogens is 441 g/mol. The summed E-state index contributed by atoms with van der Waals surface area (Å²) in [5.74, 6) is -0.646. The normalized spacial score (nSPS) is 11.1. The largest absolute Gasteiger partial charge is 0.618 e. The molecule has 0 aliphatic rings. The van der Waals surface area contributed by atoms with Crippen molar-refractivity contribution in [2.24, 2.45) is 0 Å². The number of fused-ring (bicyclic) bond motifs is 2. The maximum atomic E-state index is 12.7. The van der Waals surface area contributed by atoms with Crippen molar-refractivity contribution in [2.75, 3.05) is 18.4 Å². The van der Waals surface area contributed by atoms with Crippen LogP contribution >= 0.6 is 23.2 Å². The van der Waals surface area contributed by atoms with Crippen molar-refractivity contribution in [1.29, 1.82) is 0 Å². The lowest BCUT2D eigenvalue weighted by Crippen LogP contribution is -2.49. The quantitative estimate of drug-likeness (QED) is 0.272. The number of aromatic nitrogens is 3. The SMILES string of the molecule is Cc1c(C(=O)NCCNc2ccnc3cc(Cl)ccc23)[n+]([O-])c2cc(Cl)ccc2[n+]1[O-]. The van der Waals surface area contributed by atoms with Crippen LogP contribution in [0.5, 0.6) is 0 Å². The standard InChI is InChI=1S/C21H17Cl2N5O3/c1-12-20(28(31)19-11-14(23)3-5-18(19)27(12)30)21(29)26-9-8-25-16-6-7-24-17-10-13(22)2-4-15(16)17/h2-7,10-11H,8-9H2,1H3,(H,24,25)(H,26,29). The Balaban J connectivity index is 1.49. The molecule has 4 aromatic rings. The molecule has 31 heavy (non-hydrogen) atoms. The molecule has 0 fully saturated rings. The zero-order valence-electron chi connectivity index (χ0n) is 16.4. The summed E-state index contributed by atoms with van der Waals surface area (Å²) in [4.78, 5) is 16.9. The molecule has 2 heterocycles. The number of nitrogens with zero attached hydrogens (tertiary/aromatic N) is 3. The van der Waals surface area contributed by atoms with Crippen molar-refractivity contribution < 1.29 is 14.3 Å². The first-order chi connectivity index (χ1) is 14.9. The van der Waals surface area contributed by atoms with E-state index in [1.165, 1.54) is 25.1 Å². The number of hydrogen-bond acceptors (Lipinski definition) is 5. The van der Waals surface area contributed by atoms with Crippen LogP contribution in [0.3, 0.4) is 0 Å². The van der Waals surface area contributed by atoms with Gasteiger partial charge >= 0.3 is 11.6 Å². The van der Waals surface area contributed by atoms with Crippen molar-refractivity contribution >= 4 is 56.7 Å². The lowest BCUT2D eigenvalue weighted by Gasteiger charge is -2.12. The number of amides is 1. The van der Waals surface area contributed by atoms with Crippen LogP contribution in [0.2, 0.25) is 10.0 Å². The molecule has 0 aliphatic heterocycles. The maximum absolute atomic E-state index is 12.7. The number of carbonyl (C=O) groups excluding carboxylic acids is 1. The molecule has 0 radical (unpaired) electrons. The van der Waals surface area contributed by atoms with E-state index in [2.05, 4.69) is 15.6 Å². The molecule has 10 heteroatoms. The first kappa shape index (κ1) is 20.9. The number of hydrogen-bond donors (Lipinski definition) is 2. The second kappa shape index (κ2) is 8.41. The van der Waals surface area contributed by atoms with Crippen molar-refractivity contribution in [3.63, 3.8) is 0 Å². The van der Waals surface area contributed by atoms with E-state index in [1.54, 1.807) is 18.3 Å². The Labute approximate surface area is 187 Å². The predicted molar refractivity (Wildman–Crippen MR) is 119 cm³/mol. The van der Waals surface area contributed by atoms with Gasteiger partial charge in [-0.3, -0.25) is 9.78 Å². The molecule has 0 unspecified atom stereocenters. The number of benzene rings is 2. The number of rotatable bonds is 5. The molecular formula is C21H17Cl2N5O3. The fourth-order valence-corrected chi connectivity index (χ4v) is 3.70. The van der Waals surface area contributed by atoms with Gasteiger partial charge in [0.1, 0.15) is 0 Å². The van der Waals surface area contributed by atoms with Crippen LogP contribution in [0, 0.1) is 17.3 Å². The monoisotopic (exact) mass is 457 g/mol. The summed E-state index contributed by atoms with van der Waals surface area (Å²) in [5.41, 5.74) is 1.49. The Kier molecular flexibility index (Phi) is 5.67. The number of nitrogens with one attached hydrogen (secondary N) is 2. The first-order valence-electron chi connectivity index (χ1n) is 9.38. The molecule has 4 rings (SSSR count). The summed E-state index contributed by atoms with van der Waals surface area (Å²) >= 11 is 11.9. The first-order valence-corrected chi connectivity index (χ1v) is 10.1. The second-order valence-corrected chi connectivity index (χ2v) is 7.73. The Morgan fingerprint density at radius 1 is 1.00 bits per heavy atom. The van der Waals surface area contributed by atoms with Crippen LogP contribution < -0.4 is 20.1 Å². The van der Waals surface area contributed by atoms with Gasteiger partial charge in [0.05, 0.1) is 5.52 Å². The molecule has 2 N–H and O–H groups in total. The van der Waals surface area contributed by atoms with Gasteiger partial charge in [0.15, 0.2) is 0 Å². The summed E-state index contributed by atoms with van der Waals surface area (Å²) in [5, 5.41) is 32.9. The molecule has 0 saturated heterocycles. The van der Waals surface area contributed by atoms with Crippen molar-refractivity contribution in [2.45, 2.75) is 6.92 Å². The molecule has 1 amide bonds. The maximum Gasteiger partial charge on any atom is 0.350 e. The number of anilines is 1. The van der Waals surface area contributed by atoms with Gasteiger partial charge in [0.2, 0.25) is 0 Å². The fourth-order valence-electron chi connectivity index (χ4n) is 3.36. The smallest absolute Gasteiger partial charge is 0.350 e. The molecule has 0 spiro atoms. The van der Waals surface area contributed by atoms with E-state index in [0.717, 1.165) is 16.6 Å². The number of carbonyl (C=O) groups is 1. The highest BCUT2D eigenvalue weighted by atomic mass is 35.5. The highest BCUT2D eigenvalue weighted by Crippen LogP contribution is 2.24. The van der Waals surface area contributed by atoms with Gasteiger partial charge in [0, 0.05) is 59.5 Å². The van der Waals surface area contributed by atoms with Crippen LogP contribution in [0.1, 0.15) is 16.2 Å². The lowest BCUT2D eigenvalue weighted by atomic mass is 10.2. The van der Waals surface area contributed by atoms with E-state index in [0.29, 0.717) is 26.1 Å². The Hall–Kier alpha value is -3.36. The third-order valence-electron chi connectivity index (χ3n) is 4.87. The Morgan fingerprint density at radius 2 is 1.74 bits per heavy atom. The highest BCUT2D eigenvalue weighted by Gasteiger charge is 2.30. The van der Waals surface area contributed by atoms with E-state index < -0.39 is 5.91 Å². The summed E-state index contributed by atoms with van der Waals surface area (Å²) in [6.45, 7) is 2.04. The minimum absolute atomic E-state index is 0.00675. The van der Waals surface area contributed by atoms with Crippen LogP contribution in [0.25, 0.3) is 21.9 Å².